The summed E-state index contributed by atoms with van der Waals surface area (Å²) in [6.45, 7) is 2.04. The highest BCUT2D eigenvalue weighted by molar-refractivity contribution is 5.66. The van der Waals surface area contributed by atoms with Crippen molar-refractivity contribution < 1.29 is 9.90 Å². The number of rotatable bonds is 9. The predicted molar refractivity (Wildman–Crippen MR) is 103 cm³/mol. The topological polar surface area (TPSA) is 53.4 Å². The van der Waals surface area contributed by atoms with E-state index in [0.717, 1.165) is 32.4 Å². The first kappa shape index (κ1) is 18.6. The number of aromatic nitrogens is 1. The fourth-order valence-electron chi connectivity index (χ4n) is 4.13. The highest BCUT2D eigenvalue weighted by Gasteiger charge is 2.34. The van der Waals surface area contributed by atoms with Crippen molar-refractivity contribution >= 4 is 5.97 Å². The van der Waals surface area contributed by atoms with Gasteiger partial charge in [-0.2, -0.15) is 0 Å². The Labute approximate surface area is 155 Å². The average Bonchev–Trinajstić information content (AvgIpc) is 3.05. The van der Waals surface area contributed by atoms with Crippen LogP contribution in [0.1, 0.15) is 55.7 Å². The van der Waals surface area contributed by atoms with Crippen molar-refractivity contribution in [2.24, 2.45) is 5.92 Å². The molecule has 26 heavy (non-hydrogen) atoms. The zero-order valence-corrected chi connectivity index (χ0v) is 15.3. The molecule has 0 spiro atoms. The number of carboxylic acids is 1. The molecule has 1 aliphatic rings. The van der Waals surface area contributed by atoms with E-state index in [9.17, 15) is 4.79 Å². The molecule has 1 N–H and O–H groups in total. The van der Waals surface area contributed by atoms with Crippen LogP contribution in [0.15, 0.2) is 54.9 Å². The smallest absolute Gasteiger partial charge is 0.303 e. The Balaban J connectivity index is 1.64. The van der Waals surface area contributed by atoms with Crippen LogP contribution >= 0.6 is 0 Å². The summed E-state index contributed by atoms with van der Waals surface area (Å²) < 4.78 is 0. The Kier molecular flexibility index (Phi) is 6.78. The van der Waals surface area contributed by atoms with E-state index in [2.05, 4.69) is 46.3 Å². The number of likely N-dealkylation sites (tertiary alicyclic amines) is 1. The first-order valence-electron chi connectivity index (χ1n) is 9.64. The number of benzene rings is 1. The van der Waals surface area contributed by atoms with E-state index in [-0.39, 0.29) is 0 Å². The van der Waals surface area contributed by atoms with Gasteiger partial charge >= 0.3 is 5.97 Å². The number of hydrogen-bond acceptors (Lipinski definition) is 3. The lowest BCUT2D eigenvalue weighted by molar-refractivity contribution is -0.137. The Morgan fingerprint density at radius 2 is 1.96 bits per heavy atom. The molecular formula is C22H28N2O2. The van der Waals surface area contributed by atoms with Gasteiger partial charge in [0.15, 0.2) is 0 Å². The van der Waals surface area contributed by atoms with Gasteiger partial charge in [0.05, 0.1) is 0 Å². The van der Waals surface area contributed by atoms with Gasteiger partial charge in [0.1, 0.15) is 0 Å². The van der Waals surface area contributed by atoms with Crippen molar-refractivity contribution in [3.05, 3.63) is 66.0 Å². The maximum atomic E-state index is 10.7. The molecule has 2 aromatic rings. The highest BCUT2D eigenvalue weighted by atomic mass is 16.4. The normalized spacial score (nSPS) is 20.3. The van der Waals surface area contributed by atoms with Gasteiger partial charge in [0.2, 0.25) is 0 Å². The molecule has 0 bridgehead atoms. The van der Waals surface area contributed by atoms with Gasteiger partial charge in [-0.05, 0) is 48.9 Å². The minimum Gasteiger partial charge on any atom is -0.481 e. The van der Waals surface area contributed by atoms with Crippen LogP contribution in [-0.2, 0) is 11.3 Å². The molecule has 2 atom stereocenters. The van der Waals surface area contributed by atoms with Gasteiger partial charge in [-0.15, -0.1) is 0 Å². The summed E-state index contributed by atoms with van der Waals surface area (Å²) in [6, 6.07) is 15.4. The molecule has 1 aromatic carbocycles. The quantitative estimate of drug-likeness (QED) is 0.666. The Hall–Kier alpha value is -2.20. The molecule has 1 saturated heterocycles. The molecular weight excluding hydrogens is 324 g/mol. The average molecular weight is 352 g/mol. The fourth-order valence-corrected chi connectivity index (χ4v) is 4.13. The van der Waals surface area contributed by atoms with Crippen LogP contribution in [0.4, 0.5) is 0 Å². The van der Waals surface area contributed by atoms with E-state index in [1.54, 1.807) is 0 Å². The number of pyridine rings is 1. The van der Waals surface area contributed by atoms with Crippen LogP contribution in [0.25, 0.3) is 0 Å². The van der Waals surface area contributed by atoms with Crippen molar-refractivity contribution in [2.45, 2.75) is 51.1 Å². The molecule has 0 unspecified atom stereocenters. The number of carbonyl (C=O) groups is 1. The summed E-state index contributed by atoms with van der Waals surface area (Å²) in [4.78, 5) is 17.5. The largest absolute Gasteiger partial charge is 0.481 e. The third-order valence-corrected chi connectivity index (χ3v) is 5.34. The predicted octanol–water partition coefficient (Wildman–Crippen LogP) is 4.68. The molecule has 4 heteroatoms. The first-order chi connectivity index (χ1) is 12.7. The summed E-state index contributed by atoms with van der Waals surface area (Å²) in [5.41, 5.74) is 2.65. The Morgan fingerprint density at radius 3 is 2.69 bits per heavy atom. The standard InChI is InChI=1S/C22H28N2O2/c25-21(26)12-6-2-5-11-20-13-15-24(17-18-8-7-14-23-16-18)22(20)19-9-3-1-4-10-19/h1,3-4,7-10,14,16,20,22H,2,5-6,11-13,15,17H2,(H,25,26)/t20-,22-/m1/s1. The van der Waals surface area contributed by atoms with Crippen molar-refractivity contribution in [1.29, 1.82) is 0 Å². The lowest BCUT2D eigenvalue weighted by Gasteiger charge is -2.29. The second-order valence-electron chi connectivity index (χ2n) is 7.23. The number of nitrogens with zero attached hydrogens (tertiary/aromatic N) is 2. The zero-order chi connectivity index (χ0) is 18.2. The minimum atomic E-state index is -0.685. The van der Waals surface area contributed by atoms with E-state index in [0.29, 0.717) is 18.4 Å². The van der Waals surface area contributed by atoms with Crippen molar-refractivity contribution in [3.8, 4) is 0 Å². The second kappa shape index (κ2) is 9.48. The first-order valence-corrected chi connectivity index (χ1v) is 9.64. The van der Waals surface area contributed by atoms with E-state index in [1.807, 2.05) is 18.5 Å². The minimum absolute atomic E-state index is 0.292. The van der Waals surface area contributed by atoms with Gasteiger partial charge in [0.25, 0.3) is 0 Å². The molecule has 0 aliphatic carbocycles. The number of hydrogen-bond donors (Lipinski definition) is 1. The van der Waals surface area contributed by atoms with Gasteiger partial charge in [-0.1, -0.05) is 49.2 Å². The van der Waals surface area contributed by atoms with Crippen LogP contribution < -0.4 is 0 Å². The molecule has 1 fully saturated rings. The summed E-state index contributed by atoms with van der Waals surface area (Å²) in [6.07, 6.45) is 9.36. The van der Waals surface area contributed by atoms with Crippen LogP contribution in [0.5, 0.6) is 0 Å². The molecule has 2 heterocycles. The number of aliphatic carboxylic acids is 1. The van der Waals surface area contributed by atoms with Gasteiger partial charge in [-0.3, -0.25) is 14.7 Å². The number of carboxylic acid groups (broad SMARTS) is 1. The van der Waals surface area contributed by atoms with Gasteiger partial charge in [0, 0.05) is 31.4 Å². The molecule has 1 aliphatic heterocycles. The Morgan fingerprint density at radius 1 is 1.12 bits per heavy atom. The SMILES string of the molecule is O=C(O)CCCCC[C@@H]1CCN(Cc2cccnc2)[C@@H]1c1ccccc1. The molecule has 3 rings (SSSR count). The summed E-state index contributed by atoms with van der Waals surface area (Å²) in [7, 11) is 0. The molecule has 138 valence electrons. The van der Waals surface area contributed by atoms with Crippen LogP contribution in [0.3, 0.4) is 0 Å². The van der Waals surface area contributed by atoms with E-state index < -0.39 is 5.97 Å². The van der Waals surface area contributed by atoms with Crippen LogP contribution in [0, 0.1) is 5.92 Å². The molecule has 0 radical (unpaired) electrons. The van der Waals surface area contributed by atoms with Gasteiger partial charge in [-0.25, -0.2) is 0 Å². The Bertz CT molecular complexity index is 675. The lowest BCUT2D eigenvalue weighted by Crippen LogP contribution is -2.25. The zero-order valence-electron chi connectivity index (χ0n) is 15.3. The molecule has 4 nitrogen and oxygen atoms in total. The van der Waals surface area contributed by atoms with Crippen molar-refractivity contribution in [1.82, 2.24) is 9.88 Å². The van der Waals surface area contributed by atoms with E-state index >= 15 is 0 Å². The third kappa shape index (κ3) is 5.15. The van der Waals surface area contributed by atoms with E-state index in [1.165, 1.54) is 24.0 Å². The maximum absolute atomic E-state index is 10.7. The summed E-state index contributed by atoms with van der Waals surface area (Å²) in [5.74, 6) is -0.0467. The van der Waals surface area contributed by atoms with Crippen LogP contribution in [0.2, 0.25) is 0 Å². The third-order valence-electron chi connectivity index (χ3n) is 5.34. The maximum Gasteiger partial charge on any atom is 0.303 e. The lowest BCUT2D eigenvalue weighted by atomic mass is 9.89. The molecule has 0 saturated carbocycles. The monoisotopic (exact) mass is 352 g/mol. The second-order valence-corrected chi connectivity index (χ2v) is 7.23. The van der Waals surface area contributed by atoms with Crippen molar-refractivity contribution in [2.75, 3.05) is 6.54 Å². The molecule has 1 aromatic heterocycles. The molecule has 0 amide bonds. The summed E-state index contributed by atoms with van der Waals surface area (Å²) in [5, 5.41) is 8.78. The fraction of sp³-hybridized carbons (Fsp3) is 0.455. The summed E-state index contributed by atoms with van der Waals surface area (Å²) >= 11 is 0. The van der Waals surface area contributed by atoms with Gasteiger partial charge < -0.3 is 5.11 Å². The van der Waals surface area contributed by atoms with Crippen LogP contribution in [-0.4, -0.2) is 27.5 Å². The highest BCUT2D eigenvalue weighted by Crippen LogP contribution is 2.40. The number of unbranched alkanes of at least 4 members (excludes halogenated alkanes) is 2. The van der Waals surface area contributed by atoms with E-state index in [4.69, 9.17) is 5.11 Å². The van der Waals surface area contributed by atoms with Crippen molar-refractivity contribution in [3.63, 3.8) is 0 Å².